The zero-order chi connectivity index (χ0) is 12.9. The Balaban J connectivity index is 1.60. The third kappa shape index (κ3) is 3.41. The minimum Gasteiger partial charge on any atom is -0.490 e. The first-order valence-corrected chi connectivity index (χ1v) is 7.51. The molecule has 1 N–H and O–H groups in total. The largest absolute Gasteiger partial charge is 0.490 e. The van der Waals surface area contributed by atoms with Crippen molar-refractivity contribution in [3.8, 4) is 11.5 Å². The third-order valence-electron chi connectivity index (χ3n) is 4.05. The van der Waals surface area contributed by atoms with Crippen molar-refractivity contribution in [3.63, 3.8) is 0 Å². The summed E-state index contributed by atoms with van der Waals surface area (Å²) in [5.41, 5.74) is 1.37. The minimum atomic E-state index is 0.764. The number of hydrogen-bond acceptors (Lipinski definition) is 3. The molecule has 1 aromatic carbocycles. The second kappa shape index (κ2) is 6.29. The van der Waals surface area contributed by atoms with E-state index in [2.05, 4.69) is 23.5 Å². The summed E-state index contributed by atoms with van der Waals surface area (Å²) in [6.45, 7) is 3.91. The molecule has 0 bridgehead atoms. The second-order valence-corrected chi connectivity index (χ2v) is 5.58. The molecule has 0 aliphatic carbocycles. The first kappa shape index (κ1) is 12.8. The molecule has 3 rings (SSSR count). The number of ether oxygens (including phenoxy) is 2. The maximum Gasteiger partial charge on any atom is 0.161 e. The van der Waals surface area contributed by atoms with Crippen LogP contribution < -0.4 is 14.8 Å². The normalized spacial score (nSPS) is 22.8. The summed E-state index contributed by atoms with van der Waals surface area (Å²) in [6, 6.07) is 6.41. The fourth-order valence-corrected chi connectivity index (χ4v) is 2.90. The summed E-state index contributed by atoms with van der Waals surface area (Å²) < 4.78 is 11.4. The maximum atomic E-state index is 5.74. The molecule has 2 aliphatic rings. The van der Waals surface area contributed by atoms with E-state index in [9.17, 15) is 0 Å². The molecule has 1 saturated heterocycles. The summed E-state index contributed by atoms with van der Waals surface area (Å²) >= 11 is 0. The van der Waals surface area contributed by atoms with Crippen LogP contribution in [0.25, 0.3) is 0 Å². The Bertz CT molecular complexity index is 413. The lowest BCUT2D eigenvalue weighted by molar-refractivity contribution is 0.297. The molecular formula is C16H23NO2. The molecule has 1 unspecified atom stereocenters. The highest BCUT2D eigenvalue weighted by molar-refractivity contribution is 5.43. The number of aryl methyl sites for hydroxylation is 1. The van der Waals surface area contributed by atoms with Crippen molar-refractivity contribution >= 4 is 0 Å². The molecule has 3 nitrogen and oxygen atoms in total. The average molecular weight is 261 g/mol. The molecule has 1 fully saturated rings. The van der Waals surface area contributed by atoms with E-state index >= 15 is 0 Å². The molecule has 2 heterocycles. The van der Waals surface area contributed by atoms with E-state index in [1.54, 1.807) is 0 Å². The van der Waals surface area contributed by atoms with Gasteiger partial charge in [0.2, 0.25) is 0 Å². The third-order valence-corrected chi connectivity index (χ3v) is 4.05. The molecule has 104 valence electrons. The van der Waals surface area contributed by atoms with Crippen molar-refractivity contribution in [1.29, 1.82) is 0 Å². The van der Waals surface area contributed by atoms with Gasteiger partial charge in [-0.05, 0) is 62.4 Å². The number of rotatable bonds is 3. The summed E-state index contributed by atoms with van der Waals surface area (Å²) in [5, 5.41) is 3.48. The fourth-order valence-electron chi connectivity index (χ4n) is 2.90. The topological polar surface area (TPSA) is 30.5 Å². The molecule has 0 radical (unpaired) electrons. The van der Waals surface area contributed by atoms with Gasteiger partial charge in [-0.1, -0.05) is 6.07 Å². The Hall–Kier alpha value is -1.22. The van der Waals surface area contributed by atoms with Crippen molar-refractivity contribution in [2.75, 3.05) is 26.3 Å². The van der Waals surface area contributed by atoms with E-state index in [0.29, 0.717) is 0 Å². The maximum absolute atomic E-state index is 5.74. The van der Waals surface area contributed by atoms with E-state index in [4.69, 9.17) is 9.47 Å². The van der Waals surface area contributed by atoms with Gasteiger partial charge in [0, 0.05) is 6.42 Å². The number of fused-ring (bicyclic) bond motifs is 1. The van der Waals surface area contributed by atoms with Gasteiger partial charge in [0.05, 0.1) is 13.2 Å². The SMILES string of the molecule is c1cc2c(cc1CCC1CCCNC1)OCCCO2. The van der Waals surface area contributed by atoms with E-state index in [1.165, 1.54) is 37.9 Å². The molecule has 0 spiro atoms. The van der Waals surface area contributed by atoms with Gasteiger partial charge in [0.1, 0.15) is 0 Å². The molecule has 19 heavy (non-hydrogen) atoms. The zero-order valence-electron chi connectivity index (χ0n) is 11.5. The van der Waals surface area contributed by atoms with Crippen molar-refractivity contribution in [3.05, 3.63) is 23.8 Å². The molecule has 0 aromatic heterocycles. The van der Waals surface area contributed by atoms with Crippen LogP contribution in [0.4, 0.5) is 0 Å². The molecular weight excluding hydrogens is 238 g/mol. The Morgan fingerprint density at radius 2 is 2.00 bits per heavy atom. The standard InChI is InChI=1S/C16H23NO2/c1-3-14(12-17-8-1)5-4-13-6-7-15-16(11-13)19-10-2-9-18-15/h6-7,11,14,17H,1-5,8-10,12H2. The van der Waals surface area contributed by atoms with E-state index in [1.807, 2.05) is 0 Å². The lowest BCUT2D eigenvalue weighted by atomic mass is 9.93. The summed E-state index contributed by atoms with van der Waals surface area (Å²) in [5.74, 6) is 2.67. The van der Waals surface area contributed by atoms with Crippen LogP contribution in [-0.4, -0.2) is 26.3 Å². The lowest BCUT2D eigenvalue weighted by Gasteiger charge is -2.22. The first-order chi connectivity index (χ1) is 9.42. The zero-order valence-corrected chi connectivity index (χ0v) is 11.5. The highest BCUT2D eigenvalue weighted by Gasteiger charge is 2.14. The number of piperidine rings is 1. The van der Waals surface area contributed by atoms with Crippen LogP contribution in [0.15, 0.2) is 18.2 Å². The monoisotopic (exact) mass is 261 g/mol. The number of nitrogens with one attached hydrogen (secondary N) is 1. The molecule has 0 amide bonds. The van der Waals surface area contributed by atoms with Crippen LogP contribution in [-0.2, 0) is 6.42 Å². The van der Waals surface area contributed by atoms with E-state index in [-0.39, 0.29) is 0 Å². The van der Waals surface area contributed by atoms with Crippen molar-refractivity contribution in [2.45, 2.75) is 32.1 Å². The highest BCUT2D eigenvalue weighted by Crippen LogP contribution is 2.31. The molecule has 1 atom stereocenters. The van der Waals surface area contributed by atoms with E-state index in [0.717, 1.165) is 43.5 Å². The summed E-state index contributed by atoms with van der Waals surface area (Å²) in [7, 11) is 0. The fraction of sp³-hybridized carbons (Fsp3) is 0.625. The average Bonchev–Trinajstić information content (AvgIpc) is 2.71. The van der Waals surface area contributed by atoms with Gasteiger partial charge in [-0.2, -0.15) is 0 Å². The Kier molecular flexibility index (Phi) is 4.23. The van der Waals surface area contributed by atoms with Crippen LogP contribution in [0.2, 0.25) is 0 Å². The van der Waals surface area contributed by atoms with Crippen molar-refractivity contribution < 1.29 is 9.47 Å². The van der Waals surface area contributed by atoms with Crippen LogP contribution in [0, 0.1) is 5.92 Å². The quantitative estimate of drug-likeness (QED) is 0.907. The van der Waals surface area contributed by atoms with Gasteiger partial charge in [-0.3, -0.25) is 0 Å². The summed E-state index contributed by atoms with van der Waals surface area (Å²) in [4.78, 5) is 0. The number of hydrogen-bond donors (Lipinski definition) is 1. The Labute approximate surface area is 115 Å². The van der Waals surface area contributed by atoms with Crippen LogP contribution >= 0.6 is 0 Å². The van der Waals surface area contributed by atoms with Crippen molar-refractivity contribution in [1.82, 2.24) is 5.32 Å². The first-order valence-electron chi connectivity index (χ1n) is 7.51. The Morgan fingerprint density at radius 1 is 1.11 bits per heavy atom. The summed E-state index contributed by atoms with van der Waals surface area (Å²) in [6.07, 6.45) is 6.08. The minimum absolute atomic E-state index is 0.764. The Morgan fingerprint density at radius 3 is 2.84 bits per heavy atom. The second-order valence-electron chi connectivity index (χ2n) is 5.58. The van der Waals surface area contributed by atoms with Gasteiger partial charge < -0.3 is 14.8 Å². The van der Waals surface area contributed by atoms with Gasteiger partial charge in [-0.15, -0.1) is 0 Å². The van der Waals surface area contributed by atoms with Gasteiger partial charge in [0.15, 0.2) is 11.5 Å². The molecule has 3 heteroatoms. The van der Waals surface area contributed by atoms with E-state index < -0.39 is 0 Å². The molecule has 0 saturated carbocycles. The van der Waals surface area contributed by atoms with Gasteiger partial charge >= 0.3 is 0 Å². The number of benzene rings is 1. The van der Waals surface area contributed by atoms with Crippen LogP contribution in [0.1, 0.15) is 31.2 Å². The predicted octanol–water partition coefficient (Wildman–Crippen LogP) is 2.78. The van der Waals surface area contributed by atoms with Crippen LogP contribution in [0.5, 0.6) is 11.5 Å². The smallest absolute Gasteiger partial charge is 0.161 e. The molecule has 1 aromatic rings. The lowest BCUT2D eigenvalue weighted by Crippen LogP contribution is -2.29. The van der Waals surface area contributed by atoms with Crippen LogP contribution in [0.3, 0.4) is 0 Å². The predicted molar refractivity (Wildman–Crippen MR) is 76.0 cm³/mol. The van der Waals surface area contributed by atoms with Gasteiger partial charge in [-0.25, -0.2) is 0 Å². The van der Waals surface area contributed by atoms with Crippen molar-refractivity contribution in [2.24, 2.45) is 5.92 Å². The van der Waals surface area contributed by atoms with Gasteiger partial charge in [0.25, 0.3) is 0 Å². The molecule has 2 aliphatic heterocycles. The highest BCUT2D eigenvalue weighted by atomic mass is 16.5.